The first kappa shape index (κ1) is 17.6. The molecule has 1 amide bonds. The van der Waals surface area contributed by atoms with Crippen LogP contribution in [-0.4, -0.2) is 42.4 Å². The van der Waals surface area contributed by atoms with E-state index in [1.165, 1.54) is 18.2 Å². The molecule has 5 heteroatoms. The number of likely N-dealkylation sites (N-methyl/N-ethyl adjacent to an activating group) is 1. The molecule has 1 saturated heterocycles. The number of nitrogens with zero attached hydrogens (tertiary/aromatic N) is 2. The third-order valence-corrected chi connectivity index (χ3v) is 4.77. The summed E-state index contributed by atoms with van der Waals surface area (Å²) < 4.78 is 13.9. The molecular formula is C20H20ClFN2O. The molecular weight excluding hydrogens is 339 g/mol. The van der Waals surface area contributed by atoms with Gasteiger partial charge in [-0.25, -0.2) is 4.39 Å². The molecule has 25 heavy (non-hydrogen) atoms. The molecule has 0 aromatic heterocycles. The summed E-state index contributed by atoms with van der Waals surface area (Å²) in [6.07, 6.45) is 2.87. The van der Waals surface area contributed by atoms with Gasteiger partial charge in [0.25, 0.3) is 0 Å². The zero-order chi connectivity index (χ0) is 17.8. The third kappa shape index (κ3) is 4.09. The van der Waals surface area contributed by atoms with Crippen molar-refractivity contribution in [2.45, 2.75) is 6.04 Å². The highest BCUT2D eigenvalue weighted by atomic mass is 35.5. The summed E-state index contributed by atoms with van der Waals surface area (Å²) >= 11 is 6.02. The number of halogens is 2. The average Bonchev–Trinajstić information content (AvgIpc) is 2.62. The molecule has 130 valence electrons. The van der Waals surface area contributed by atoms with Gasteiger partial charge in [-0.1, -0.05) is 48.0 Å². The standard InChI is InChI=1S/C20H20ClFN2O/c1-23-12-13-24(19(14-23)15-6-3-2-4-7-15)20(25)11-10-16-17(21)8-5-9-18(16)22/h2-11,19H,12-14H2,1H3/b11-10+. The Bertz CT molecular complexity index is 758. The van der Waals surface area contributed by atoms with E-state index in [2.05, 4.69) is 4.90 Å². The lowest BCUT2D eigenvalue weighted by Crippen LogP contribution is -2.48. The summed E-state index contributed by atoms with van der Waals surface area (Å²) in [4.78, 5) is 16.8. The van der Waals surface area contributed by atoms with Crippen LogP contribution in [0.4, 0.5) is 4.39 Å². The largest absolute Gasteiger partial charge is 0.330 e. The Kier molecular flexibility index (Phi) is 5.51. The predicted molar refractivity (Wildman–Crippen MR) is 98.8 cm³/mol. The molecule has 1 unspecified atom stereocenters. The van der Waals surface area contributed by atoms with Crippen LogP contribution in [0.25, 0.3) is 6.08 Å². The van der Waals surface area contributed by atoms with E-state index in [-0.39, 0.29) is 17.5 Å². The van der Waals surface area contributed by atoms with Gasteiger partial charge in [-0.15, -0.1) is 0 Å². The van der Waals surface area contributed by atoms with Crippen molar-refractivity contribution < 1.29 is 9.18 Å². The zero-order valence-electron chi connectivity index (χ0n) is 14.0. The topological polar surface area (TPSA) is 23.6 Å². The van der Waals surface area contributed by atoms with Gasteiger partial charge in [0, 0.05) is 31.3 Å². The minimum absolute atomic E-state index is 0.0202. The first-order chi connectivity index (χ1) is 12.1. The van der Waals surface area contributed by atoms with E-state index in [1.807, 2.05) is 42.3 Å². The third-order valence-electron chi connectivity index (χ3n) is 4.44. The van der Waals surface area contributed by atoms with Crippen molar-refractivity contribution >= 4 is 23.6 Å². The van der Waals surface area contributed by atoms with E-state index < -0.39 is 5.82 Å². The van der Waals surface area contributed by atoms with Crippen molar-refractivity contribution in [3.05, 3.63) is 76.6 Å². The molecule has 3 rings (SSSR count). The van der Waals surface area contributed by atoms with E-state index in [0.717, 1.165) is 18.7 Å². The molecule has 1 aliphatic rings. The summed E-state index contributed by atoms with van der Waals surface area (Å²) in [6.45, 7) is 2.21. The number of piperazine rings is 1. The van der Waals surface area contributed by atoms with Crippen LogP contribution in [-0.2, 0) is 4.79 Å². The number of hydrogen-bond acceptors (Lipinski definition) is 2. The predicted octanol–water partition coefficient (Wildman–Crippen LogP) is 4.01. The van der Waals surface area contributed by atoms with Gasteiger partial charge in [-0.3, -0.25) is 4.79 Å². The van der Waals surface area contributed by atoms with E-state index in [0.29, 0.717) is 11.6 Å². The van der Waals surface area contributed by atoms with Gasteiger partial charge in [0.15, 0.2) is 0 Å². The van der Waals surface area contributed by atoms with Crippen LogP contribution in [0.5, 0.6) is 0 Å². The number of amides is 1. The highest BCUT2D eigenvalue weighted by Gasteiger charge is 2.29. The lowest BCUT2D eigenvalue weighted by Gasteiger charge is -2.40. The first-order valence-electron chi connectivity index (χ1n) is 8.22. The van der Waals surface area contributed by atoms with Crippen LogP contribution in [0.2, 0.25) is 5.02 Å². The Morgan fingerprint density at radius 3 is 2.64 bits per heavy atom. The minimum Gasteiger partial charge on any atom is -0.330 e. The highest BCUT2D eigenvalue weighted by Crippen LogP contribution is 2.26. The van der Waals surface area contributed by atoms with E-state index in [4.69, 9.17) is 11.6 Å². The van der Waals surface area contributed by atoms with Gasteiger partial charge in [0.2, 0.25) is 5.91 Å². The van der Waals surface area contributed by atoms with Crippen molar-refractivity contribution in [3.63, 3.8) is 0 Å². The van der Waals surface area contributed by atoms with Crippen LogP contribution in [0.3, 0.4) is 0 Å². The van der Waals surface area contributed by atoms with Crippen molar-refractivity contribution in [1.82, 2.24) is 9.80 Å². The normalized spacial score (nSPS) is 18.7. The number of hydrogen-bond donors (Lipinski definition) is 0. The monoisotopic (exact) mass is 358 g/mol. The molecule has 0 N–H and O–H groups in total. The van der Waals surface area contributed by atoms with Crippen molar-refractivity contribution in [2.75, 3.05) is 26.7 Å². The van der Waals surface area contributed by atoms with Crippen molar-refractivity contribution in [2.24, 2.45) is 0 Å². The first-order valence-corrected chi connectivity index (χ1v) is 8.60. The smallest absolute Gasteiger partial charge is 0.247 e. The number of carbonyl (C=O) groups excluding carboxylic acids is 1. The summed E-state index contributed by atoms with van der Waals surface area (Å²) in [5.41, 5.74) is 1.34. The SMILES string of the molecule is CN1CCN(C(=O)/C=C/c2c(F)cccc2Cl)C(c2ccccc2)C1. The average molecular weight is 359 g/mol. The van der Waals surface area contributed by atoms with Crippen LogP contribution >= 0.6 is 11.6 Å². The Labute approximate surface area is 152 Å². The van der Waals surface area contributed by atoms with Crippen molar-refractivity contribution in [3.8, 4) is 0 Å². The van der Waals surface area contributed by atoms with Gasteiger partial charge >= 0.3 is 0 Å². The molecule has 0 spiro atoms. The molecule has 1 heterocycles. The van der Waals surface area contributed by atoms with Gasteiger partial charge in [0.1, 0.15) is 5.82 Å². The second-order valence-electron chi connectivity index (χ2n) is 6.19. The number of benzene rings is 2. The maximum atomic E-state index is 13.9. The lowest BCUT2D eigenvalue weighted by atomic mass is 10.0. The highest BCUT2D eigenvalue weighted by molar-refractivity contribution is 6.32. The summed E-state index contributed by atoms with van der Waals surface area (Å²) in [6, 6.07) is 14.4. The quantitative estimate of drug-likeness (QED) is 0.774. The second kappa shape index (κ2) is 7.81. The molecule has 0 bridgehead atoms. The Morgan fingerprint density at radius 1 is 1.16 bits per heavy atom. The molecule has 3 nitrogen and oxygen atoms in total. The maximum Gasteiger partial charge on any atom is 0.247 e. The van der Waals surface area contributed by atoms with E-state index in [1.54, 1.807) is 12.1 Å². The number of carbonyl (C=O) groups is 1. The van der Waals surface area contributed by atoms with Gasteiger partial charge in [-0.05, 0) is 30.8 Å². The van der Waals surface area contributed by atoms with Crippen LogP contribution in [0.1, 0.15) is 17.2 Å². The molecule has 1 fully saturated rings. The minimum atomic E-state index is -0.436. The Morgan fingerprint density at radius 2 is 1.92 bits per heavy atom. The summed E-state index contributed by atoms with van der Waals surface area (Å²) in [5, 5.41) is 0.294. The van der Waals surface area contributed by atoms with Gasteiger partial charge in [-0.2, -0.15) is 0 Å². The van der Waals surface area contributed by atoms with Crippen LogP contribution in [0, 0.1) is 5.82 Å². The fraction of sp³-hybridized carbons (Fsp3) is 0.250. The second-order valence-corrected chi connectivity index (χ2v) is 6.60. The molecule has 2 aromatic carbocycles. The lowest BCUT2D eigenvalue weighted by molar-refractivity contribution is -0.130. The summed E-state index contributed by atoms with van der Waals surface area (Å²) in [7, 11) is 2.05. The number of rotatable bonds is 3. The molecule has 1 aliphatic heterocycles. The van der Waals surface area contributed by atoms with Crippen LogP contribution < -0.4 is 0 Å². The Balaban J connectivity index is 1.83. The molecule has 0 aliphatic carbocycles. The van der Waals surface area contributed by atoms with Gasteiger partial charge < -0.3 is 9.80 Å². The molecule has 2 aromatic rings. The fourth-order valence-electron chi connectivity index (χ4n) is 3.06. The molecule has 0 radical (unpaired) electrons. The molecule has 0 saturated carbocycles. The van der Waals surface area contributed by atoms with E-state index in [9.17, 15) is 9.18 Å². The summed E-state index contributed by atoms with van der Waals surface area (Å²) in [5.74, 6) is -0.573. The fourth-order valence-corrected chi connectivity index (χ4v) is 3.29. The van der Waals surface area contributed by atoms with E-state index >= 15 is 0 Å². The zero-order valence-corrected chi connectivity index (χ0v) is 14.8. The van der Waals surface area contributed by atoms with Gasteiger partial charge in [0.05, 0.1) is 11.1 Å². The van der Waals surface area contributed by atoms with Crippen molar-refractivity contribution in [1.29, 1.82) is 0 Å². The molecule has 1 atom stereocenters. The van der Waals surface area contributed by atoms with Crippen LogP contribution in [0.15, 0.2) is 54.6 Å². The Hall–Kier alpha value is -2.17. The maximum absolute atomic E-state index is 13.9.